The zero-order valence-corrected chi connectivity index (χ0v) is 10.1. The van der Waals surface area contributed by atoms with Crippen LogP contribution in [0.2, 0.25) is 0 Å². The first-order valence-corrected chi connectivity index (χ1v) is 5.60. The number of aromatic nitrogens is 2. The fourth-order valence-corrected chi connectivity index (χ4v) is 1.76. The molecule has 0 unspecified atom stereocenters. The van der Waals surface area contributed by atoms with Gasteiger partial charge in [-0.05, 0) is 20.8 Å². The fraction of sp³-hybridized carbons (Fsp3) is 0.636. The summed E-state index contributed by atoms with van der Waals surface area (Å²) in [6, 6.07) is 0. The van der Waals surface area contributed by atoms with E-state index in [0.717, 1.165) is 30.8 Å². The van der Waals surface area contributed by atoms with E-state index in [0.29, 0.717) is 11.8 Å². The number of fused-ring (bicyclic) bond motifs is 1. The smallest absolute Gasteiger partial charge is 0.225 e. The molecule has 4 N–H and O–H groups in total. The maximum atomic E-state index is 5.93. The predicted octanol–water partition coefficient (Wildman–Crippen LogP) is 0.915. The van der Waals surface area contributed by atoms with E-state index in [1.807, 2.05) is 0 Å². The Bertz CT molecular complexity index is 394. The van der Waals surface area contributed by atoms with Crippen molar-refractivity contribution in [1.82, 2.24) is 15.3 Å². The molecule has 16 heavy (non-hydrogen) atoms. The lowest BCUT2D eigenvalue weighted by Crippen LogP contribution is -2.30. The summed E-state index contributed by atoms with van der Waals surface area (Å²) in [5.41, 5.74) is 8.00. The molecular weight excluding hydrogens is 202 g/mol. The second kappa shape index (κ2) is 3.90. The van der Waals surface area contributed by atoms with Gasteiger partial charge in [-0.1, -0.05) is 0 Å². The van der Waals surface area contributed by atoms with Gasteiger partial charge >= 0.3 is 0 Å². The molecule has 5 nitrogen and oxygen atoms in total. The molecule has 0 aliphatic carbocycles. The highest BCUT2D eigenvalue weighted by molar-refractivity contribution is 5.48. The van der Waals surface area contributed by atoms with Crippen molar-refractivity contribution in [2.24, 2.45) is 0 Å². The third kappa shape index (κ3) is 2.41. The Hall–Kier alpha value is -1.36. The summed E-state index contributed by atoms with van der Waals surface area (Å²) in [5, 5.41) is 6.52. The molecule has 0 atom stereocenters. The molecule has 0 spiro atoms. The van der Waals surface area contributed by atoms with Gasteiger partial charge in [0.25, 0.3) is 0 Å². The fourth-order valence-electron chi connectivity index (χ4n) is 1.76. The largest absolute Gasteiger partial charge is 0.383 e. The molecule has 5 heteroatoms. The molecule has 0 bridgehead atoms. The standard InChI is InChI=1S/C11H19N5/c1-11(2,3)16-10-14-8-4-5-13-6-7(8)9(12)15-10/h13H,4-6H2,1-3H3,(H3,12,14,15,16). The summed E-state index contributed by atoms with van der Waals surface area (Å²) in [5.74, 6) is 1.22. The van der Waals surface area contributed by atoms with Crippen LogP contribution in [0.4, 0.5) is 11.8 Å². The van der Waals surface area contributed by atoms with E-state index < -0.39 is 0 Å². The van der Waals surface area contributed by atoms with Gasteiger partial charge in [-0.2, -0.15) is 4.98 Å². The molecule has 88 valence electrons. The zero-order valence-electron chi connectivity index (χ0n) is 10.1. The third-order valence-electron chi connectivity index (χ3n) is 2.45. The van der Waals surface area contributed by atoms with Crippen LogP contribution in [0, 0.1) is 0 Å². The maximum absolute atomic E-state index is 5.93. The number of anilines is 2. The summed E-state index contributed by atoms with van der Waals surface area (Å²) in [7, 11) is 0. The topological polar surface area (TPSA) is 75.9 Å². The van der Waals surface area contributed by atoms with Gasteiger partial charge < -0.3 is 16.4 Å². The minimum Gasteiger partial charge on any atom is -0.383 e. The van der Waals surface area contributed by atoms with Crippen LogP contribution in [0.15, 0.2) is 0 Å². The van der Waals surface area contributed by atoms with Gasteiger partial charge in [-0.3, -0.25) is 0 Å². The van der Waals surface area contributed by atoms with Crippen molar-refractivity contribution in [1.29, 1.82) is 0 Å². The van der Waals surface area contributed by atoms with Crippen molar-refractivity contribution in [3.8, 4) is 0 Å². The van der Waals surface area contributed by atoms with Gasteiger partial charge in [-0.25, -0.2) is 4.98 Å². The van der Waals surface area contributed by atoms with Crippen molar-refractivity contribution < 1.29 is 0 Å². The van der Waals surface area contributed by atoms with Gasteiger partial charge in [0.05, 0.1) is 5.69 Å². The van der Waals surface area contributed by atoms with E-state index in [4.69, 9.17) is 5.73 Å². The van der Waals surface area contributed by atoms with Gasteiger partial charge in [0.1, 0.15) is 5.82 Å². The van der Waals surface area contributed by atoms with Crippen molar-refractivity contribution in [3.63, 3.8) is 0 Å². The molecule has 1 aromatic heterocycles. The van der Waals surface area contributed by atoms with Crippen LogP contribution in [0.25, 0.3) is 0 Å². The predicted molar refractivity (Wildman–Crippen MR) is 65.2 cm³/mol. The lowest BCUT2D eigenvalue weighted by molar-refractivity contribution is 0.610. The molecular formula is C11H19N5. The van der Waals surface area contributed by atoms with Crippen LogP contribution in [0.5, 0.6) is 0 Å². The molecule has 0 radical (unpaired) electrons. The number of nitrogens with one attached hydrogen (secondary N) is 2. The number of nitrogens with two attached hydrogens (primary N) is 1. The molecule has 1 aliphatic heterocycles. The Labute approximate surface area is 95.9 Å². The first-order chi connectivity index (χ1) is 7.46. The van der Waals surface area contributed by atoms with Gasteiger partial charge in [0, 0.05) is 30.6 Å². The van der Waals surface area contributed by atoms with E-state index in [1.54, 1.807) is 0 Å². The van der Waals surface area contributed by atoms with Crippen molar-refractivity contribution in [3.05, 3.63) is 11.3 Å². The molecule has 0 fully saturated rings. The third-order valence-corrected chi connectivity index (χ3v) is 2.45. The van der Waals surface area contributed by atoms with Crippen molar-refractivity contribution in [2.75, 3.05) is 17.6 Å². The van der Waals surface area contributed by atoms with Crippen LogP contribution in [-0.2, 0) is 13.0 Å². The number of nitrogens with zero attached hydrogens (tertiary/aromatic N) is 2. The van der Waals surface area contributed by atoms with Crippen molar-refractivity contribution >= 4 is 11.8 Å². The Morgan fingerprint density at radius 2 is 2.06 bits per heavy atom. The van der Waals surface area contributed by atoms with Crippen molar-refractivity contribution in [2.45, 2.75) is 39.3 Å². The second-order valence-electron chi connectivity index (χ2n) is 5.16. The number of hydrogen-bond acceptors (Lipinski definition) is 5. The summed E-state index contributed by atoms with van der Waals surface area (Å²) >= 11 is 0. The number of nitrogen functional groups attached to an aromatic ring is 1. The maximum Gasteiger partial charge on any atom is 0.225 e. The highest BCUT2D eigenvalue weighted by atomic mass is 15.2. The first kappa shape index (κ1) is 11.1. The Balaban J connectivity index is 2.32. The van der Waals surface area contributed by atoms with Gasteiger partial charge in [0.2, 0.25) is 5.95 Å². The molecule has 0 amide bonds. The Morgan fingerprint density at radius 3 is 2.75 bits per heavy atom. The van der Waals surface area contributed by atoms with E-state index in [9.17, 15) is 0 Å². The normalized spacial score (nSPS) is 15.7. The average Bonchev–Trinajstić information content (AvgIpc) is 2.15. The number of hydrogen-bond donors (Lipinski definition) is 3. The van der Waals surface area contributed by atoms with Crippen LogP contribution < -0.4 is 16.4 Å². The van der Waals surface area contributed by atoms with Crippen LogP contribution in [-0.4, -0.2) is 22.1 Å². The molecule has 0 aromatic carbocycles. The molecule has 0 saturated heterocycles. The van der Waals surface area contributed by atoms with Crippen LogP contribution >= 0.6 is 0 Å². The van der Waals surface area contributed by atoms with Crippen LogP contribution in [0.3, 0.4) is 0 Å². The highest BCUT2D eigenvalue weighted by Crippen LogP contribution is 2.20. The molecule has 1 aliphatic rings. The highest BCUT2D eigenvalue weighted by Gasteiger charge is 2.18. The van der Waals surface area contributed by atoms with Gasteiger partial charge in [-0.15, -0.1) is 0 Å². The monoisotopic (exact) mass is 221 g/mol. The summed E-state index contributed by atoms with van der Waals surface area (Å²) < 4.78 is 0. The Morgan fingerprint density at radius 1 is 1.31 bits per heavy atom. The minimum absolute atomic E-state index is 0.0480. The van der Waals surface area contributed by atoms with E-state index in [-0.39, 0.29) is 5.54 Å². The molecule has 0 saturated carbocycles. The summed E-state index contributed by atoms with van der Waals surface area (Å²) in [6.07, 6.45) is 0.918. The first-order valence-electron chi connectivity index (χ1n) is 5.60. The Kier molecular flexibility index (Phi) is 2.71. The molecule has 2 heterocycles. The van der Waals surface area contributed by atoms with E-state index in [2.05, 4.69) is 41.4 Å². The average molecular weight is 221 g/mol. The van der Waals surface area contributed by atoms with E-state index in [1.165, 1.54) is 0 Å². The lowest BCUT2D eigenvalue weighted by atomic mass is 10.1. The van der Waals surface area contributed by atoms with Crippen LogP contribution in [0.1, 0.15) is 32.0 Å². The number of rotatable bonds is 1. The minimum atomic E-state index is -0.0480. The summed E-state index contributed by atoms with van der Waals surface area (Å²) in [6.45, 7) is 7.96. The summed E-state index contributed by atoms with van der Waals surface area (Å²) in [4.78, 5) is 8.80. The zero-order chi connectivity index (χ0) is 11.8. The van der Waals surface area contributed by atoms with Gasteiger partial charge in [0.15, 0.2) is 0 Å². The molecule has 2 rings (SSSR count). The quantitative estimate of drug-likeness (QED) is 0.657. The molecule has 1 aromatic rings. The lowest BCUT2D eigenvalue weighted by Gasteiger charge is -2.23. The van der Waals surface area contributed by atoms with E-state index >= 15 is 0 Å². The SMILES string of the molecule is CC(C)(C)Nc1nc(N)c2c(n1)CCNC2. The second-order valence-corrected chi connectivity index (χ2v) is 5.16.